The van der Waals surface area contributed by atoms with Crippen LogP contribution in [-0.2, 0) is 4.79 Å². The Morgan fingerprint density at radius 1 is 1.05 bits per heavy atom. The summed E-state index contributed by atoms with van der Waals surface area (Å²) in [7, 11) is 0. The summed E-state index contributed by atoms with van der Waals surface area (Å²) < 4.78 is 0. The van der Waals surface area contributed by atoms with Crippen molar-refractivity contribution >= 4 is 22.6 Å². The fourth-order valence-electron chi connectivity index (χ4n) is 1.96. The van der Waals surface area contributed by atoms with E-state index in [0.717, 1.165) is 11.2 Å². The van der Waals surface area contributed by atoms with Crippen LogP contribution in [0.3, 0.4) is 0 Å². The van der Waals surface area contributed by atoms with E-state index in [1.165, 1.54) is 17.5 Å². The van der Waals surface area contributed by atoms with E-state index >= 15 is 0 Å². The molecule has 0 radical (unpaired) electrons. The van der Waals surface area contributed by atoms with Crippen LogP contribution in [-0.4, -0.2) is 11.1 Å². The molecule has 0 aliphatic rings. The van der Waals surface area contributed by atoms with Crippen LogP contribution in [0.1, 0.15) is 11.7 Å². The number of aromatic nitrogens is 1. The summed E-state index contributed by atoms with van der Waals surface area (Å²) in [4.78, 5) is 13.1. The molecule has 1 aromatic heterocycles. The van der Waals surface area contributed by atoms with E-state index in [9.17, 15) is 9.90 Å². The van der Waals surface area contributed by atoms with E-state index in [1.54, 1.807) is 18.2 Å². The normalized spacial score (nSPS) is 11.3. The first-order valence-electron chi connectivity index (χ1n) is 6.68. The van der Waals surface area contributed by atoms with E-state index < -0.39 is 12.1 Å². The van der Waals surface area contributed by atoms with E-state index in [1.807, 2.05) is 36.5 Å². The second-order valence-corrected chi connectivity index (χ2v) is 4.61. The zero-order chi connectivity index (χ0) is 15.9. The van der Waals surface area contributed by atoms with Crippen molar-refractivity contribution in [3.05, 3.63) is 72.4 Å². The number of hydrogen-bond donors (Lipinski definition) is 2. The number of pyridine rings is 1. The number of fused-ring (bicyclic) bond motifs is 1. The van der Waals surface area contributed by atoms with Crippen molar-refractivity contribution in [2.45, 2.75) is 6.10 Å². The maximum absolute atomic E-state index is 10.1. The fourth-order valence-corrected chi connectivity index (χ4v) is 1.96. The van der Waals surface area contributed by atoms with Crippen molar-refractivity contribution < 1.29 is 20.0 Å². The molecule has 3 rings (SSSR count). The molecule has 0 bridgehead atoms. The number of rotatable bonds is 2. The second-order valence-electron chi connectivity index (χ2n) is 4.61. The third kappa shape index (κ3) is 3.80. The number of aliphatic hydroxyl groups excluding tert-OH is 1. The molecule has 4 N–H and O–H groups in total. The van der Waals surface area contributed by atoms with Gasteiger partial charge in [-0.2, -0.15) is 0 Å². The maximum Gasteiger partial charge on any atom is 0.278 e. The number of carbonyl (C=O) groups excluding carboxylic acids is 1. The lowest BCUT2D eigenvalue weighted by atomic mass is 10.1. The number of carboxylic acids is 1. The fraction of sp³-hybridized carbons (Fsp3) is 0.0588. The number of aliphatic hydroxyl groups is 1. The quantitative estimate of drug-likeness (QED) is 0.727. The highest BCUT2D eigenvalue weighted by Crippen LogP contribution is 2.14. The van der Waals surface area contributed by atoms with E-state index in [4.69, 9.17) is 10.8 Å². The molecular weight excluding hydrogens is 280 g/mol. The molecule has 0 fully saturated rings. The van der Waals surface area contributed by atoms with Gasteiger partial charge in [0.15, 0.2) is 0 Å². The Morgan fingerprint density at radius 2 is 1.68 bits per heavy atom. The Hall–Kier alpha value is -2.92. The number of H-pyrrole nitrogens is 1. The smallest absolute Gasteiger partial charge is 0.278 e. The van der Waals surface area contributed by atoms with Gasteiger partial charge < -0.3 is 15.0 Å². The Morgan fingerprint density at radius 3 is 2.32 bits per heavy atom. The topological polar surface area (TPSA) is 101 Å². The number of nitrogens with one attached hydrogen (secondary N) is 1. The minimum absolute atomic E-state index is 0.340. The van der Waals surface area contributed by atoms with Crippen molar-refractivity contribution in [1.29, 1.82) is 0 Å². The Bertz CT molecular complexity index is 755. The second kappa shape index (κ2) is 7.19. The van der Waals surface area contributed by atoms with Crippen LogP contribution in [0, 0.1) is 0 Å². The third-order valence-electron chi connectivity index (χ3n) is 3.09. The summed E-state index contributed by atoms with van der Waals surface area (Å²) in [5.74, 6) is -0.751. The average molecular weight is 296 g/mol. The predicted molar refractivity (Wildman–Crippen MR) is 81.3 cm³/mol. The van der Waals surface area contributed by atoms with Crippen LogP contribution in [0.25, 0.3) is 10.8 Å². The van der Waals surface area contributed by atoms with Gasteiger partial charge in [0.1, 0.15) is 6.10 Å². The summed E-state index contributed by atoms with van der Waals surface area (Å²) in [6.45, 7) is 0. The Balaban J connectivity index is 0.000000160. The molecule has 5 nitrogen and oxygen atoms in total. The van der Waals surface area contributed by atoms with Gasteiger partial charge in [0.05, 0.1) is 17.6 Å². The van der Waals surface area contributed by atoms with Gasteiger partial charge in [-0.3, -0.25) is 5.73 Å². The average Bonchev–Trinajstić information content (AvgIpc) is 2.56. The lowest BCUT2D eigenvalue weighted by Crippen LogP contribution is -2.29. The number of nitrogen functional groups attached to an aromatic ring is 1. The number of carbonyl (C=O) groups is 1. The van der Waals surface area contributed by atoms with Gasteiger partial charge in [0.25, 0.3) is 5.82 Å². The number of aromatic amines is 1. The molecule has 0 saturated heterocycles. The summed E-state index contributed by atoms with van der Waals surface area (Å²) in [5.41, 5.74) is 6.04. The number of benzene rings is 2. The summed E-state index contributed by atoms with van der Waals surface area (Å²) in [5, 5.41) is 21.3. The van der Waals surface area contributed by atoms with Gasteiger partial charge in [-0.25, -0.2) is 4.98 Å². The van der Waals surface area contributed by atoms with Crippen molar-refractivity contribution in [2.24, 2.45) is 0 Å². The number of nitrogens with two attached hydrogens (primary N) is 1. The molecule has 1 heterocycles. The van der Waals surface area contributed by atoms with Gasteiger partial charge >= 0.3 is 0 Å². The van der Waals surface area contributed by atoms with Gasteiger partial charge in [-0.1, -0.05) is 48.5 Å². The summed E-state index contributed by atoms with van der Waals surface area (Å²) in [6.07, 6.45) is 0.327. The molecule has 0 aliphatic heterocycles. The van der Waals surface area contributed by atoms with E-state index in [0.29, 0.717) is 5.56 Å². The van der Waals surface area contributed by atoms with Crippen LogP contribution >= 0.6 is 0 Å². The minimum Gasteiger partial charge on any atom is -0.547 e. The molecule has 3 aromatic rings. The lowest BCUT2D eigenvalue weighted by Gasteiger charge is -2.10. The van der Waals surface area contributed by atoms with Gasteiger partial charge in [0.2, 0.25) is 0 Å². The largest absolute Gasteiger partial charge is 0.547 e. The van der Waals surface area contributed by atoms with Gasteiger partial charge in [-0.15, -0.1) is 0 Å². The first kappa shape index (κ1) is 15.5. The lowest BCUT2D eigenvalue weighted by molar-refractivity contribution is -0.358. The first-order chi connectivity index (χ1) is 10.6. The zero-order valence-corrected chi connectivity index (χ0v) is 11.8. The number of hydrogen-bond acceptors (Lipinski definition) is 4. The molecule has 22 heavy (non-hydrogen) atoms. The first-order valence-corrected chi connectivity index (χ1v) is 6.68. The molecular formula is C17H16N2O3. The van der Waals surface area contributed by atoms with Gasteiger partial charge in [0, 0.05) is 0 Å². The zero-order valence-electron chi connectivity index (χ0n) is 11.8. The monoisotopic (exact) mass is 296 g/mol. The highest BCUT2D eigenvalue weighted by Gasteiger charge is 2.05. The van der Waals surface area contributed by atoms with Crippen molar-refractivity contribution in [3.8, 4) is 0 Å². The molecule has 5 heteroatoms. The maximum atomic E-state index is 10.1. The minimum atomic E-state index is -1.52. The molecule has 0 aliphatic carbocycles. The molecule has 0 spiro atoms. The summed E-state index contributed by atoms with van der Waals surface area (Å²) >= 11 is 0. The predicted octanol–water partition coefficient (Wildman–Crippen LogP) is 0.706. The SMILES string of the molecule is Nc1[nH+]ccc2ccccc12.O=C([O-])C(O)c1ccccc1. The molecule has 112 valence electrons. The van der Waals surface area contributed by atoms with Crippen LogP contribution in [0.2, 0.25) is 0 Å². The van der Waals surface area contributed by atoms with E-state index in [2.05, 4.69) is 4.98 Å². The molecule has 0 saturated carbocycles. The van der Waals surface area contributed by atoms with Crippen LogP contribution in [0.5, 0.6) is 0 Å². The number of anilines is 1. The van der Waals surface area contributed by atoms with Gasteiger partial charge in [-0.05, 0) is 23.1 Å². The van der Waals surface area contributed by atoms with Crippen molar-refractivity contribution in [2.75, 3.05) is 5.73 Å². The van der Waals surface area contributed by atoms with Crippen LogP contribution in [0.4, 0.5) is 5.82 Å². The molecule has 2 aromatic carbocycles. The summed E-state index contributed by atoms with van der Waals surface area (Å²) in [6, 6.07) is 18.1. The highest BCUT2D eigenvalue weighted by molar-refractivity contribution is 5.88. The Kier molecular flexibility index (Phi) is 5.06. The van der Waals surface area contributed by atoms with Crippen molar-refractivity contribution in [3.63, 3.8) is 0 Å². The van der Waals surface area contributed by atoms with Crippen molar-refractivity contribution in [1.82, 2.24) is 0 Å². The Labute approximate surface area is 127 Å². The number of carboxylic acid groups (broad SMARTS) is 1. The molecule has 1 atom stereocenters. The van der Waals surface area contributed by atoms with Crippen LogP contribution in [0.15, 0.2) is 66.9 Å². The molecule has 1 unspecified atom stereocenters. The van der Waals surface area contributed by atoms with Crippen LogP contribution < -0.4 is 15.8 Å². The third-order valence-corrected chi connectivity index (χ3v) is 3.09. The van der Waals surface area contributed by atoms with E-state index in [-0.39, 0.29) is 0 Å². The number of aliphatic carboxylic acids is 1. The standard InChI is InChI=1S/C9H8N2.C8H8O3/c10-9-8-4-2-1-3-7(8)5-6-11-9;9-7(8(10)11)6-4-2-1-3-5-6/h1-6H,(H2,10,11);1-5,7,9H,(H,10,11). The highest BCUT2D eigenvalue weighted by atomic mass is 16.4. The molecule has 0 amide bonds.